The Morgan fingerprint density at radius 2 is 1.96 bits per heavy atom. The molecule has 142 valence electrons. The third-order valence-electron chi connectivity index (χ3n) is 4.28. The molecule has 0 spiro atoms. The molecule has 1 aromatic rings. The van der Waals surface area contributed by atoms with Crippen molar-refractivity contribution in [2.24, 2.45) is 4.99 Å². The minimum absolute atomic E-state index is 0.0354. The molecule has 7 nitrogen and oxygen atoms in total. The molecule has 0 aliphatic carbocycles. The average molecular weight is 360 g/mol. The standard InChI is InChI=1S/C19H28N4O3/c1-6-8-20-19(21-12-18(24)22(2)3)23-9-7-14-10-16(25-4)17(26-5)11-15(14)13-23/h6,10-11H,1,7-9,12-13H2,2-5H3,(H,20,21). The quantitative estimate of drug-likeness (QED) is 0.470. The van der Waals surface area contributed by atoms with E-state index in [0.717, 1.165) is 18.7 Å². The number of amides is 1. The lowest BCUT2D eigenvalue weighted by Crippen LogP contribution is -2.44. The number of nitrogens with zero attached hydrogens (tertiary/aromatic N) is 3. The van der Waals surface area contributed by atoms with Crippen molar-refractivity contribution in [3.8, 4) is 11.5 Å². The molecule has 7 heteroatoms. The molecule has 1 aliphatic heterocycles. The number of fused-ring (bicyclic) bond motifs is 1. The molecule has 1 N–H and O–H groups in total. The minimum atomic E-state index is -0.0354. The number of hydrogen-bond acceptors (Lipinski definition) is 4. The van der Waals surface area contributed by atoms with Crippen molar-refractivity contribution in [2.45, 2.75) is 13.0 Å². The molecule has 0 bridgehead atoms. The lowest BCUT2D eigenvalue weighted by atomic mass is 9.99. The predicted octanol–water partition coefficient (Wildman–Crippen LogP) is 1.28. The van der Waals surface area contributed by atoms with Gasteiger partial charge in [0.2, 0.25) is 5.91 Å². The third-order valence-corrected chi connectivity index (χ3v) is 4.28. The van der Waals surface area contributed by atoms with E-state index in [1.165, 1.54) is 16.0 Å². The molecule has 0 saturated heterocycles. The Balaban J connectivity index is 2.22. The number of guanidine groups is 1. The van der Waals surface area contributed by atoms with Crippen molar-refractivity contribution >= 4 is 11.9 Å². The molecule has 1 aromatic carbocycles. The van der Waals surface area contributed by atoms with Crippen LogP contribution in [-0.4, -0.2) is 69.6 Å². The summed E-state index contributed by atoms with van der Waals surface area (Å²) < 4.78 is 10.8. The van der Waals surface area contributed by atoms with Gasteiger partial charge in [-0.3, -0.25) is 4.79 Å². The zero-order chi connectivity index (χ0) is 19.1. The van der Waals surface area contributed by atoms with Gasteiger partial charge in [-0.05, 0) is 29.7 Å². The summed E-state index contributed by atoms with van der Waals surface area (Å²) in [6.07, 6.45) is 2.64. The fourth-order valence-corrected chi connectivity index (χ4v) is 2.78. The van der Waals surface area contributed by atoms with Crippen LogP contribution in [0.4, 0.5) is 0 Å². The number of likely N-dealkylation sites (N-methyl/N-ethyl adjacent to an activating group) is 1. The summed E-state index contributed by atoms with van der Waals surface area (Å²) in [4.78, 5) is 20.0. The van der Waals surface area contributed by atoms with Gasteiger partial charge in [0, 0.05) is 33.7 Å². The number of hydrogen-bond donors (Lipinski definition) is 1. The summed E-state index contributed by atoms with van der Waals surface area (Å²) in [6.45, 7) is 5.93. The largest absolute Gasteiger partial charge is 0.493 e. The predicted molar refractivity (Wildman–Crippen MR) is 103 cm³/mol. The van der Waals surface area contributed by atoms with E-state index in [1.54, 1.807) is 34.4 Å². The van der Waals surface area contributed by atoms with Crippen molar-refractivity contribution < 1.29 is 14.3 Å². The van der Waals surface area contributed by atoms with E-state index in [4.69, 9.17) is 9.47 Å². The molecule has 26 heavy (non-hydrogen) atoms. The van der Waals surface area contributed by atoms with Crippen molar-refractivity contribution in [1.29, 1.82) is 0 Å². The summed E-state index contributed by atoms with van der Waals surface area (Å²) in [5.74, 6) is 2.13. The molecule has 1 amide bonds. The van der Waals surface area contributed by atoms with Crippen LogP contribution in [0.1, 0.15) is 11.1 Å². The van der Waals surface area contributed by atoms with Gasteiger partial charge in [0.1, 0.15) is 6.54 Å². The highest BCUT2D eigenvalue weighted by atomic mass is 16.5. The molecular formula is C19H28N4O3. The van der Waals surface area contributed by atoms with Gasteiger partial charge >= 0.3 is 0 Å². The molecule has 0 unspecified atom stereocenters. The van der Waals surface area contributed by atoms with Crippen LogP contribution in [0.25, 0.3) is 0 Å². The van der Waals surface area contributed by atoms with Crippen molar-refractivity contribution in [3.63, 3.8) is 0 Å². The molecule has 2 rings (SSSR count). The maximum Gasteiger partial charge on any atom is 0.243 e. The topological polar surface area (TPSA) is 66.4 Å². The van der Waals surface area contributed by atoms with Crippen LogP contribution in [-0.2, 0) is 17.8 Å². The SMILES string of the molecule is C=CCNC(=NCC(=O)N(C)C)N1CCc2cc(OC)c(OC)cc2C1. The zero-order valence-electron chi connectivity index (χ0n) is 16.0. The number of aliphatic imine (C=N–C) groups is 1. The number of benzene rings is 1. The second-order valence-corrected chi connectivity index (χ2v) is 6.25. The van der Waals surface area contributed by atoms with Crippen LogP contribution >= 0.6 is 0 Å². The number of carbonyl (C=O) groups is 1. The molecule has 0 aromatic heterocycles. The van der Waals surface area contributed by atoms with E-state index < -0.39 is 0 Å². The van der Waals surface area contributed by atoms with Gasteiger partial charge in [0.15, 0.2) is 17.5 Å². The summed E-state index contributed by atoms with van der Waals surface area (Å²) in [6, 6.07) is 4.05. The summed E-state index contributed by atoms with van der Waals surface area (Å²) >= 11 is 0. The number of rotatable bonds is 6. The van der Waals surface area contributed by atoms with Gasteiger partial charge in [0.25, 0.3) is 0 Å². The number of ether oxygens (including phenoxy) is 2. The Hall–Kier alpha value is -2.70. The fourth-order valence-electron chi connectivity index (χ4n) is 2.78. The van der Waals surface area contributed by atoms with Gasteiger partial charge in [-0.25, -0.2) is 4.99 Å². The molecule has 0 saturated carbocycles. The first-order chi connectivity index (χ1) is 12.5. The molecule has 0 fully saturated rings. The fraction of sp³-hybridized carbons (Fsp3) is 0.474. The van der Waals surface area contributed by atoms with Crippen LogP contribution in [0, 0.1) is 0 Å². The molecule has 1 aliphatic rings. The van der Waals surface area contributed by atoms with Crippen molar-refractivity contribution in [1.82, 2.24) is 15.1 Å². The van der Waals surface area contributed by atoms with Crippen molar-refractivity contribution in [3.05, 3.63) is 35.9 Å². The zero-order valence-corrected chi connectivity index (χ0v) is 16.0. The maximum atomic E-state index is 11.9. The van der Waals surface area contributed by atoms with Crippen LogP contribution < -0.4 is 14.8 Å². The minimum Gasteiger partial charge on any atom is -0.493 e. The maximum absolute atomic E-state index is 11.9. The van der Waals surface area contributed by atoms with E-state index in [9.17, 15) is 4.79 Å². The number of carbonyl (C=O) groups excluding carboxylic acids is 1. The van der Waals surface area contributed by atoms with E-state index in [0.29, 0.717) is 24.8 Å². The Bertz CT molecular complexity index is 686. The Morgan fingerprint density at radius 1 is 1.31 bits per heavy atom. The number of nitrogens with one attached hydrogen (secondary N) is 1. The lowest BCUT2D eigenvalue weighted by Gasteiger charge is -2.32. The normalized spacial score (nSPS) is 13.7. The third kappa shape index (κ3) is 4.68. The van der Waals surface area contributed by atoms with Gasteiger partial charge < -0.3 is 24.6 Å². The molecule has 1 heterocycles. The van der Waals surface area contributed by atoms with Gasteiger partial charge in [-0.1, -0.05) is 6.08 Å². The number of methoxy groups -OCH3 is 2. The van der Waals surface area contributed by atoms with Crippen LogP contribution in [0.15, 0.2) is 29.8 Å². The average Bonchev–Trinajstić information content (AvgIpc) is 2.66. The van der Waals surface area contributed by atoms with Gasteiger partial charge in [0.05, 0.1) is 14.2 Å². The second-order valence-electron chi connectivity index (χ2n) is 6.25. The van der Waals surface area contributed by atoms with E-state index in [-0.39, 0.29) is 12.5 Å². The monoisotopic (exact) mass is 360 g/mol. The van der Waals surface area contributed by atoms with Crippen LogP contribution in [0.3, 0.4) is 0 Å². The van der Waals surface area contributed by atoms with Gasteiger partial charge in [-0.2, -0.15) is 0 Å². The van der Waals surface area contributed by atoms with E-state index in [2.05, 4.69) is 21.8 Å². The summed E-state index contributed by atoms with van der Waals surface area (Å²) in [5, 5.41) is 3.25. The first-order valence-electron chi connectivity index (χ1n) is 8.58. The lowest BCUT2D eigenvalue weighted by molar-refractivity contribution is -0.127. The highest BCUT2D eigenvalue weighted by Crippen LogP contribution is 2.33. The summed E-state index contributed by atoms with van der Waals surface area (Å²) in [7, 11) is 6.73. The highest BCUT2D eigenvalue weighted by molar-refractivity contribution is 5.85. The Kier molecular flexibility index (Phi) is 6.89. The van der Waals surface area contributed by atoms with Crippen LogP contribution in [0.2, 0.25) is 0 Å². The second kappa shape index (κ2) is 9.12. The highest BCUT2D eigenvalue weighted by Gasteiger charge is 2.22. The van der Waals surface area contributed by atoms with E-state index in [1.807, 2.05) is 12.1 Å². The van der Waals surface area contributed by atoms with Crippen molar-refractivity contribution in [2.75, 3.05) is 47.9 Å². The first kappa shape index (κ1) is 19.6. The Labute approximate surface area is 155 Å². The smallest absolute Gasteiger partial charge is 0.243 e. The molecular weight excluding hydrogens is 332 g/mol. The summed E-state index contributed by atoms with van der Waals surface area (Å²) in [5.41, 5.74) is 2.41. The molecule has 0 atom stereocenters. The molecule has 0 radical (unpaired) electrons. The Morgan fingerprint density at radius 3 is 2.54 bits per heavy atom. The van der Waals surface area contributed by atoms with Gasteiger partial charge in [-0.15, -0.1) is 6.58 Å². The first-order valence-corrected chi connectivity index (χ1v) is 8.58. The van der Waals surface area contributed by atoms with Crippen LogP contribution in [0.5, 0.6) is 11.5 Å². The van der Waals surface area contributed by atoms with E-state index >= 15 is 0 Å².